The maximum atomic E-state index is 2.33. The molecule has 0 amide bonds. The molecule has 0 aliphatic heterocycles. The molecule has 0 aromatic rings. The van der Waals surface area contributed by atoms with Gasteiger partial charge in [0.1, 0.15) is 0 Å². The Hall–Kier alpha value is -0.120. The fraction of sp³-hybridized carbons (Fsp3) is 1.00. The zero-order valence-electron chi connectivity index (χ0n) is 26.3. The molecule has 0 fully saturated rings. The van der Waals surface area contributed by atoms with Crippen molar-refractivity contribution in [1.82, 2.24) is 0 Å². The Balaban J connectivity index is -0.000000569. The normalized spacial score (nSPS) is 11.7. The third-order valence-electron chi connectivity index (χ3n) is 7.89. The van der Waals surface area contributed by atoms with E-state index in [0.29, 0.717) is 0 Å². The summed E-state index contributed by atoms with van der Waals surface area (Å²) in [5, 5.41) is 0. The second-order valence-corrected chi connectivity index (χ2v) is 11.3. The third kappa shape index (κ3) is 21.7. The molecule has 0 N–H and O–H groups in total. The zero-order valence-corrected chi connectivity index (χ0v) is 26.3. The van der Waals surface area contributed by atoms with Crippen LogP contribution in [0, 0.1) is 0 Å². The van der Waals surface area contributed by atoms with Crippen molar-refractivity contribution in [2.75, 3.05) is 52.4 Å². The summed E-state index contributed by atoms with van der Waals surface area (Å²) in [6.45, 7) is 30.0. The fourth-order valence-corrected chi connectivity index (χ4v) is 5.29. The number of nitrogens with zero attached hydrogens (tertiary/aromatic N) is 2. The average Bonchev–Trinajstić information content (AvgIpc) is 2.87. The number of rotatable bonds is 24. The Bertz CT molecular complexity index is 275. The first-order chi connectivity index (χ1) is 16.5. The lowest BCUT2D eigenvalue weighted by Crippen LogP contribution is -2.50. The van der Waals surface area contributed by atoms with E-state index < -0.39 is 0 Å². The number of unbranched alkanes of at least 4 members (excludes halogenated alkanes) is 8. The Labute approximate surface area is 224 Å². The third-order valence-corrected chi connectivity index (χ3v) is 7.89. The lowest BCUT2D eigenvalue weighted by atomic mass is 10.1. The molecule has 216 valence electrons. The summed E-state index contributed by atoms with van der Waals surface area (Å²) in [4.78, 5) is 0. The van der Waals surface area contributed by atoms with Gasteiger partial charge < -0.3 is 14.4 Å². The van der Waals surface area contributed by atoms with Crippen LogP contribution in [-0.4, -0.2) is 61.3 Å². The predicted molar refractivity (Wildman–Crippen MR) is 159 cm³/mol. The first kappa shape index (κ1) is 39.4. The highest BCUT2D eigenvalue weighted by molar-refractivity contribution is 4.50. The van der Waals surface area contributed by atoms with Gasteiger partial charge in [0, 0.05) is 0 Å². The van der Waals surface area contributed by atoms with Crippen molar-refractivity contribution in [2.24, 2.45) is 0 Å². The van der Waals surface area contributed by atoms with Crippen molar-refractivity contribution >= 4 is 0 Å². The Kier molecular flexibility index (Phi) is 32.0. The molecule has 0 unspecified atom stereocenters. The standard InChI is InChI=1S/2C16H36N.O/c2*1-5-9-13-17(14-10-6-2,15-11-7-3)16-12-8-4;/h2*5-16H2,1-4H3;/q2*+1;-2. The van der Waals surface area contributed by atoms with Crippen molar-refractivity contribution in [2.45, 2.75) is 158 Å². The fourth-order valence-electron chi connectivity index (χ4n) is 5.29. The average molecular weight is 501 g/mol. The summed E-state index contributed by atoms with van der Waals surface area (Å²) in [5.41, 5.74) is 0. The van der Waals surface area contributed by atoms with Gasteiger partial charge >= 0.3 is 0 Å². The van der Waals surface area contributed by atoms with Gasteiger partial charge in [0.05, 0.1) is 52.4 Å². The van der Waals surface area contributed by atoms with Crippen molar-refractivity contribution in [1.29, 1.82) is 0 Å². The minimum Gasteiger partial charge on any atom is -2.00 e. The molecular formula is C32H72N2O. The van der Waals surface area contributed by atoms with Crippen LogP contribution in [-0.2, 0) is 5.48 Å². The molecule has 0 aromatic carbocycles. The van der Waals surface area contributed by atoms with Gasteiger partial charge in [0.15, 0.2) is 0 Å². The van der Waals surface area contributed by atoms with Crippen molar-refractivity contribution in [3.8, 4) is 0 Å². The summed E-state index contributed by atoms with van der Waals surface area (Å²) in [6.07, 6.45) is 22.1. The summed E-state index contributed by atoms with van der Waals surface area (Å²) >= 11 is 0. The lowest BCUT2D eigenvalue weighted by Gasteiger charge is -2.39. The van der Waals surface area contributed by atoms with Gasteiger partial charge in [-0.2, -0.15) is 0 Å². The first-order valence-corrected chi connectivity index (χ1v) is 16.2. The number of hydrogen-bond acceptors (Lipinski definition) is 0. The van der Waals surface area contributed by atoms with Crippen LogP contribution in [0.4, 0.5) is 0 Å². The molecule has 0 aromatic heterocycles. The van der Waals surface area contributed by atoms with Gasteiger partial charge in [0.2, 0.25) is 0 Å². The van der Waals surface area contributed by atoms with E-state index in [1.165, 1.54) is 164 Å². The highest BCUT2D eigenvalue weighted by Gasteiger charge is 2.25. The quantitative estimate of drug-likeness (QED) is 0.118. The van der Waals surface area contributed by atoms with E-state index >= 15 is 0 Å². The lowest BCUT2D eigenvalue weighted by molar-refractivity contribution is -0.929. The molecule has 0 aliphatic rings. The summed E-state index contributed by atoms with van der Waals surface area (Å²) < 4.78 is 2.84. The maximum Gasteiger partial charge on any atom is 0.0786 e. The summed E-state index contributed by atoms with van der Waals surface area (Å²) in [5.74, 6) is 0. The van der Waals surface area contributed by atoms with Crippen LogP contribution in [0.15, 0.2) is 0 Å². The van der Waals surface area contributed by atoms with E-state index in [4.69, 9.17) is 0 Å². The molecule has 0 saturated carbocycles. The number of quaternary nitrogens is 2. The van der Waals surface area contributed by atoms with Crippen molar-refractivity contribution in [3.63, 3.8) is 0 Å². The molecule has 0 rings (SSSR count). The maximum absolute atomic E-state index is 2.33. The van der Waals surface area contributed by atoms with Crippen LogP contribution < -0.4 is 0 Å². The van der Waals surface area contributed by atoms with Gasteiger partial charge in [-0.15, -0.1) is 0 Å². The molecule has 0 heterocycles. The van der Waals surface area contributed by atoms with E-state index in [1.54, 1.807) is 0 Å². The van der Waals surface area contributed by atoms with E-state index in [9.17, 15) is 0 Å². The van der Waals surface area contributed by atoms with Gasteiger partial charge in [-0.05, 0) is 51.4 Å². The molecule has 0 radical (unpaired) electrons. The first-order valence-electron chi connectivity index (χ1n) is 16.2. The van der Waals surface area contributed by atoms with Crippen LogP contribution in [0.5, 0.6) is 0 Å². The van der Waals surface area contributed by atoms with Crippen LogP contribution in [0.3, 0.4) is 0 Å². The monoisotopic (exact) mass is 501 g/mol. The van der Waals surface area contributed by atoms with Crippen LogP contribution in [0.1, 0.15) is 158 Å². The molecular weight excluding hydrogens is 428 g/mol. The largest absolute Gasteiger partial charge is 2.00 e. The van der Waals surface area contributed by atoms with E-state index in [1.807, 2.05) is 0 Å². The van der Waals surface area contributed by atoms with Crippen LogP contribution in [0.25, 0.3) is 0 Å². The smallest absolute Gasteiger partial charge is 0.0786 e. The summed E-state index contributed by atoms with van der Waals surface area (Å²) in [7, 11) is 0. The predicted octanol–water partition coefficient (Wildman–Crippen LogP) is 9.89. The highest BCUT2D eigenvalue weighted by atomic mass is 16.0. The molecule has 0 bridgehead atoms. The Morgan fingerprint density at radius 1 is 0.257 bits per heavy atom. The van der Waals surface area contributed by atoms with Crippen molar-refractivity contribution in [3.05, 3.63) is 0 Å². The van der Waals surface area contributed by atoms with Gasteiger partial charge in [-0.3, -0.25) is 0 Å². The Morgan fingerprint density at radius 3 is 0.457 bits per heavy atom. The second kappa shape index (κ2) is 28.5. The molecule has 3 nitrogen and oxygen atoms in total. The minimum absolute atomic E-state index is 0. The minimum atomic E-state index is 0. The zero-order chi connectivity index (χ0) is 26.0. The molecule has 0 spiro atoms. The Morgan fingerprint density at radius 2 is 0.371 bits per heavy atom. The molecule has 0 atom stereocenters. The van der Waals surface area contributed by atoms with Gasteiger partial charge in [0.25, 0.3) is 0 Å². The second-order valence-electron chi connectivity index (χ2n) is 11.3. The van der Waals surface area contributed by atoms with Crippen LogP contribution >= 0.6 is 0 Å². The van der Waals surface area contributed by atoms with Crippen LogP contribution in [0.2, 0.25) is 0 Å². The van der Waals surface area contributed by atoms with E-state index in [-0.39, 0.29) is 5.48 Å². The van der Waals surface area contributed by atoms with Gasteiger partial charge in [-0.1, -0.05) is 107 Å². The highest BCUT2D eigenvalue weighted by Crippen LogP contribution is 2.17. The molecule has 35 heavy (non-hydrogen) atoms. The number of hydrogen-bond donors (Lipinski definition) is 0. The molecule has 0 aliphatic carbocycles. The SMILES string of the molecule is CCCC[N+](CCCC)(CCCC)CCCC.CCCC[N+](CCCC)(CCCC)CCCC.[O-2]. The topological polar surface area (TPSA) is 28.5 Å². The molecule has 0 saturated heterocycles. The van der Waals surface area contributed by atoms with E-state index in [0.717, 1.165) is 0 Å². The molecule has 3 heteroatoms. The van der Waals surface area contributed by atoms with E-state index in [2.05, 4.69) is 55.4 Å². The van der Waals surface area contributed by atoms with Gasteiger partial charge in [-0.25, -0.2) is 0 Å². The van der Waals surface area contributed by atoms with Crippen molar-refractivity contribution < 1.29 is 14.4 Å². The summed E-state index contributed by atoms with van der Waals surface area (Å²) in [6, 6.07) is 0.